The first kappa shape index (κ1) is 21.9. The number of hydrogen-bond acceptors (Lipinski definition) is 4. The van der Waals surface area contributed by atoms with E-state index in [9.17, 15) is 0 Å². The molecule has 0 spiro atoms. The van der Waals surface area contributed by atoms with Crippen molar-refractivity contribution in [2.45, 2.75) is 26.2 Å². The SMILES string of the molecule is CCCCOCCCNC(=NC)NCCOc1cccnc1.I. The van der Waals surface area contributed by atoms with Crippen molar-refractivity contribution in [2.24, 2.45) is 4.99 Å². The molecule has 1 aromatic rings. The summed E-state index contributed by atoms with van der Waals surface area (Å²) in [5.41, 5.74) is 0. The molecule has 0 radical (unpaired) electrons. The molecule has 2 N–H and O–H groups in total. The molecule has 0 aliphatic carbocycles. The summed E-state index contributed by atoms with van der Waals surface area (Å²) in [5.74, 6) is 1.56. The fourth-order valence-electron chi connectivity index (χ4n) is 1.72. The zero-order valence-corrected chi connectivity index (χ0v) is 16.4. The van der Waals surface area contributed by atoms with Crippen LogP contribution in [-0.2, 0) is 4.74 Å². The second-order valence-corrected chi connectivity index (χ2v) is 4.78. The first-order valence-electron chi connectivity index (χ1n) is 7.92. The minimum atomic E-state index is 0. The van der Waals surface area contributed by atoms with Crippen LogP contribution in [-0.4, -0.2) is 50.9 Å². The van der Waals surface area contributed by atoms with E-state index in [4.69, 9.17) is 9.47 Å². The van der Waals surface area contributed by atoms with E-state index in [0.717, 1.165) is 44.3 Å². The van der Waals surface area contributed by atoms with Crippen LogP contribution >= 0.6 is 24.0 Å². The molecule has 0 aliphatic rings. The molecule has 0 fully saturated rings. The zero-order valence-electron chi connectivity index (χ0n) is 14.1. The first-order valence-corrected chi connectivity index (χ1v) is 7.92. The molecule has 0 aliphatic heterocycles. The molecule has 1 rings (SSSR count). The molecular formula is C16H29IN4O2. The smallest absolute Gasteiger partial charge is 0.191 e. The molecule has 0 aromatic carbocycles. The minimum absolute atomic E-state index is 0. The molecule has 132 valence electrons. The summed E-state index contributed by atoms with van der Waals surface area (Å²) in [6.45, 7) is 5.89. The molecule has 1 heterocycles. The van der Waals surface area contributed by atoms with Crippen LogP contribution in [0.3, 0.4) is 0 Å². The van der Waals surface area contributed by atoms with Crippen molar-refractivity contribution in [1.82, 2.24) is 15.6 Å². The van der Waals surface area contributed by atoms with Crippen LogP contribution in [0.5, 0.6) is 5.75 Å². The minimum Gasteiger partial charge on any atom is -0.490 e. The Kier molecular flexibility index (Phi) is 15.0. The second kappa shape index (κ2) is 15.8. The van der Waals surface area contributed by atoms with Gasteiger partial charge in [0.15, 0.2) is 5.96 Å². The number of ether oxygens (including phenoxy) is 2. The molecule has 0 saturated heterocycles. The number of pyridine rings is 1. The van der Waals surface area contributed by atoms with Gasteiger partial charge in [-0.05, 0) is 25.0 Å². The molecule has 0 amide bonds. The molecule has 23 heavy (non-hydrogen) atoms. The summed E-state index contributed by atoms with van der Waals surface area (Å²) in [6.07, 6.45) is 6.70. The highest BCUT2D eigenvalue weighted by Crippen LogP contribution is 2.04. The summed E-state index contributed by atoms with van der Waals surface area (Å²) in [4.78, 5) is 8.16. The number of guanidine groups is 1. The third kappa shape index (κ3) is 12.1. The highest BCUT2D eigenvalue weighted by atomic mass is 127. The Morgan fingerprint density at radius 2 is 1.96 bits per heavy atom. The van der Waals surface area contributed by atoms with Crippen LogP contribution in [0.2, 0.25) is 0 Å². The molecule has 0 bridgehead atoms. The second-order valence-electron chi connectivity index (χ2n) is 4.78. The quantitative estimate of drug-likeness (QED) is 0.242. The van der Waals surface area contributed by atoms with Gasteiger partial charge in [-0.3, -0.25) is 9.98 Å². The van der Waals surface area contributed by atoms with Crippen molar-refractivity contribution in [3.63, 3.8) is 0 Å². The number of nitrogens with one attached hydrogen (secondary N) is 2. The number of unbranched alkanes of at least 4 members (excludes halogenated alkanes) is 1. The lowest BCUT2D eigenvalue weighted by atomic mass is 10.4. The summed E-state index contributed by atoms with van der Waals surface area (Å²) in [7, 11) is 1.76. The Morgan fingerprint density at radius 3 is 2.65 bits per heavy atom. The number of aliphatic imine (C=N–C) groups is 1. The van der Waals surface area contributed by atoms with Crippen LogP contribution in [0.15, 0.2) is 29.5 Å². The molecular weight excluding hydrogens is 407 g/mol. The number of hydrogen-bond donors (Lipinski definition) is 2. The average molecular weight is 436 g/mol. The normalized spacial score (nSPS) is 10.8. The van der Waals surface area contributed by atoms with E-state index in [-0.39, 0.29) is 24.0 Å². The van der Waals surface area contributed by atoms with Gasteiger partial charge in [-0.2, -0.15) is 0 Å². The van der Waals surface area contributed by atoms with Gasteiger partial charge in [0.1, 0.15) is 12.4 Å². The van der Waals surface area contributed by atoms with E-state index >= 15 is 0 Å². The van der Waals surface area contributed by atoms with Crippen LogP contribution < -0.4 is 15.4 Å². The van der Waals surface area contributed by atoms with Crippen LogP contribution in [0, 0.1) is 0 Å². The maximum atomic E-state index is 5.55. The van der Waals surface area contributed by atoms with Crippen molar-refractivity contribution >= 4 is 29.9 Å². The molecule has 1 aromatic heterocycles. The molecule has 0 unspecified atom stereocenters. The van der Waals surface area contributed by atoms with Gasteiger partial charge in [0.2, 0.25) is 0 Å². The van der Waals surface area contributed by atoms with E-state index in [0.29, 0.717) is 13.2 Å². The summed E-state index contributed by atoms with van der Waals surface area (Å²) in [5, 5.41) is 6.45. The first-order chi connectivity index (χ1) is 10.9. The maximum absolute atomic E-state index is 5.55. The van der Waals surface area contributed by atoms with Gasteiger partial charge >= 0.3 is 0 Å². The zero-order chi connectivity index (χ0) is 15.9. The van der Waals surface area contributed by atoms with Crippen molar-refractivity contribution in [3.05, 3.63) is 24.5 Å². The molecule has 0 atom stereocenters. The maximum Gasteiger partial charge on any atom is 0.191 e. The van der Waals surface area contributed by atoms with Crippen LogP contribution in [0.4, 0.5) is 0 Å². The van der Waals surface area contributed by atoms with Gasteiger partial charge in [0, 0.05) is 33.0 Å². The summed E-state index contributed by atoms with van der Waals surface area (Å²) in [6, 6.07) is 3.74. The highest BCUT2D eigenvalue weighted by molar-refractivity contribution is 14.0. The van der Waals surface area contributed by atoms with Crippen molar-refractivity contribution in [3.8, 4) is 5.75 Å². The van der Waals surface area contributed by atoms with Gasteiger partial charge in [-0.25, -0.2) is 0 Å². The Hall–Kier alpha value is -1.09. The van der Waals surface area contributed by atoms with Crippen LogP contribution in [0.1, 0.15) is 26.2 Å². The summed E-state index contributed by atoms with van der Waals surface area (Å²) >= 11 is 0. The van der Waals surface area contributed by atoms with Crippen LogP contribution in [0.25, 0.3) is 0 Å². The Morgan fingerprint density at radius 1 is 1.17 bits per heavy atom. The Labute approximate surface area is 156 Å². The lowest BCUT2D eigenvalue weighted by Crippen LogP contribution is -2.39. The lowest BCUT2D eigenvalue weighted by molar-refractivity contribution is 0.129. The topological polar surface area (TPSA) is 67.8 Å². The van der Waals surface area contributed by atoms with Crippen molar-refractivity contribution in [2.75, 3.05) is 40.0 Å². The number of nitrogens with zero attached hydrogens (tertiary/aromatic N) is 2. The highest BCUT2D eigenvalue weighted by Gasteiger charge is 1.97. The van der Waals surface area contributed by atoms with Gasteiger partial charge in [-0.1, -0.05) is 13.3 Å². The third-order valence-electron chi connectivity index (χ3n) is 2.92. The van der Waals surface area contributed by atoms with Gasteiger partial charge in [0.25, 0.3) is 0 Å². The standard InChI is InChI=1S/C16H28N4O2.HI/c1-3-4-11-21-12-6-9-19-16(17-2)20-10-13-22-15-7-5-8-18-14-15;/h5,7-8,14H,3-4,6,9-13H2,1-2H3,(H2,17,19,20);1H. The predicted molar refractivity (Wildman–Crippen MR) is 105 cm³/mol. The largest absolute Gasteiger partial charge is 0.490 e. The average Bonchev–Trinajstić information content (AvgIpc) is 2.57. The monoisotopic (exact) mass is 436 g/mol. The van der Waals surface area contributed by atoms with E-state index < -0.39 is 0 Å². The molecule has 7 heteroatoms. The Balaban J connectivity index is 0.00000484. The van der Waals surface area contributed by atoms with E-state index in [1.165, 1.54) is 6.42 Å². The number of halogens is 1. The lowest BCUT2D eigenvalue weighted by Gasteiger charge is -2.12. The third-order valence-corrected chi connectivity index (χ3v) is 2.92. The van der Waals surface area contributed by atoms with E-state index in [1.807, 2.05) is 12.1 Å². The summed E-state index contributed by atoms with van der Waals surface area (Å²) < 4.78 is 11.1. The van der Waals surface area contributed by atoms with E-state index in [1.54, 1.807) is 19.4 Å². The van der Waals surface area contributed by atoms with Crippen molar-refractivity contribution < 1.29 is 9.47 Å². The van der Waals surface area contributed by atoms with Gasteiger partial charge in [0.05, 0.1) is 12.7 Å². The number of rotatable bonds is 11. The Bertz CT molecular complexity index is 404. The van der Waals surface area contributed by atoms with Gasteiger partial charge in [-0.15, -0.1) is 24.0 Å². The fourth-order valence-corrected chi connectivity index (χ4v) is 1.72. The van der Waals surface area contributed by atoms with Crippen molar-refractivity contribution in [1.29, 1.82) is 0 Å². The van der Waals surface area contributed by atoms with E-state index in [2.05, 4.69) is 27.5 Å². The van der Waals surface area contributed by atoms with Gasteiger partial charge < -0.3 is 20.1 Å². The molecule has 0 saturated carbocycles. The fraction of sp³-hybridized carbons (Fsp3) is 0.625. The number of aromatic nitrogens is 1. The molecule has 6 nitrogen and oxygen atoms in total. The predicted octanol–water partition coefficient (Wildman–Crippen LogP) is 2.45.